The van der Waals surface area contributed by atoms with Crippen molar-refractivity contribution < 1.29 is 18.3 Å². The van der Waals surface area contributed by atoms with Crippen LogP contribution < -0.4 is 4.90 Å². The SMILES string of the molecule is CN(C(=O)c1ccc(S(=O)(=O)N2C[C@@H]3C[C@H]4C[C@H]3[C@@H]2[C@H]4O)cc1)c1ccccn1. The Morgan fingerprint density at radius 2 is 1.90 bits per heavy atom. The predicted molar refractivity (Wildman–Crippen MR) is 107 cm³/mol. The Balaban J connectivity index is 1.38. The van der Waals surface area contributed by atoms with Gasteiger partial charge in [-0.05, 0) is 67.0 Å². The molecule has 0 unspecified atom stereocenters. The van der Waals surface area contributed by atoms with Gasteiger partial charge in [0.2, 0.25) is 10.0 Å². The Morgan fingerprint density at radius 3 is 2.55 bits per heavy atom. The lowest BCUT2D eigenvalue weighted by atomic mass is 9.88. The van der Waals surface area contributed by atoms with Gasteiger partial charge in [0.05, 0.1) is 17.0 Å². The van der Waals surface area contributed by atoms with Gasteiger partial charge in [-0.15, -0.1) is 0 Å². The molecule has 1 aromatic heterocycles. The van der Waals surface area contributed by atoms with E-state index in [0.29, 0.717) is 23.8 Å². The van der Waals surface area contributed by atoms with Crippen LogP contribution in [-0.4, -0.2) is 54.5 Å². The van der Waals surface area contributed by atoms with Gasteiger partial charge in [0, 0.05) is 25.4 Å². The molecule has 3 aliphatic rings. The summed E-state index contributed by atoms with van der Waals surface area (Å²) in [5.41, 5.74) is 0.388. The summed E-state index contributed by atoms with van der Waals surface area (Å²) in [6.07, 6.45) is 2.89. The number of rotatable bonds is 4. The zero-order valence-corrected chi connectivity index (χ0v) is 16.9. The number of hydrogen-bond donors (Lipinski definition) is 1. The van der Waals surface area contributed by atoms with E-state index < -0.39 is 16.1 Å². The summed E-state index contributed by atoms with van der Waals surface area (Å²) >= 11 is 0. The minimum Gasteiger partial charge on any atom is -0.391 e. The molecule has 2 aliphatic carbocycles. The van der Waals surface area contributed by atoms with Crippen molar-refractivity contribution in [2.45, 2.75) is 29.9 Å². The second-order valence-corrected chi connectivity index (χ2v) is 10.2. The van der Waals surface area contributed by atoms with Gasteiger partial charge in [-0.1, -0.05) is 6.07 Å². The van der Waals surface area contributed by atoms with Crippen LogP contribution in [0.1, 0.15) is 23.2 Å². The minimum absolute atomic E-state index is 0.159. The second kappa shape index (κ2) is 6.62. The van der Waals surface area contributed by atoms with Gasteiger partial charge in [-0.3, -0.25) is 9.69 Å². The molecule has 1 amide bonds. The van der Waals surface area contributed by atoms with Crippen LogP contribution in [0, 0.1) is 17.8 Å². The van der Waals surface area contributed by atoms with E-state index >= 15 is 0 Å². The Labute approximate surface area is 170 Å². The van der Waals surface area contributed by atoms with Crippen LogP contribution in [0.4, 0.5) is 5.82 Å². The molecule has 1 aromatic carbocycles. The molecule has 1 saturated heterocycles. The number of anilines is 1. The molecule has 0 radical (unpaired) electrons. The van der Waals surface area contributed by atoms with Crippen LogP contribution in [0.2, 0.25) is 0 Å². The molecule has 2 bridgehead atoms. The van der Waals surface area contributed by atoms with E-state index in [4.69, 9.17) is 0 Å². The molecule has 2 aromatic rings. The summed E-state index contributed by atoms with van der Waals surface area (Å²) in [5.74, 6) is 1.12. The van der Waals surface area contributed by atoms with Gasteiger partial charge >= 0.3 is 0 Å². The maximum Gasteiger partial charge on any atom is 0.259 e. The summed E-state index contributed by atoms with van der Waals surface area (Å²) in [4.78, 5) is 18.4. The molecular weight excluding hydrogens is 390 g/mol. The van der Waals surface area contributed by atoms with E-state index in [-0.39, 0.29) is 28.7 Å². The van der Waals surface area contributed by atoms with Crippen LogP contribution >= 0.6 is 0 Å². The topological polar surface area (TPSA) is 90.8 Å². The van der Waals surface area contributed by atoms with Crippen molar-refractivity contribution in [2.24, 2.45) is 17.8 Å². The van der Waals surface area contributed by atoms with E-state index in [2.05, 4.69) is 4.98 Å². The molecule has 29 heavy (non-hydrogen) atoms. The second-order valence-electron chi connectivity index (χ2n) is 8.29. The molecule has 5 rings (SSSR count). The van der Waals surface area contributed by atoms with Crippen molar-refractivity contribution >= 4 is 21.7 Å². The summed E-state index contributed by atoms with van der Waals surface area (Å²) in [6.45, 7) is 0.480. The highest BCUT2D eigenvalue weighted by atomic mass is 32.2. The fourth-order valence-corrected chi connectivity index (χ4v) is 7.13. The predicted octanol–water partition coefficient (Wildman–Crippen LogP) is 1.75. The average molecular weight is 413 g/mol. The van der Waals surface area contributed by atoms with Crippen molar-refractivity contribution in [1.82, 2.24) is 9.29 Å². The van der Waals surface area contributed by atoms with E-state index in [1.807, 2.05) is 0 Å². The lowest BCUT2D eigenvalue weighted by Gasteiger charge is -2.28. The Morgan fingerprint density at radius 1 is 1.14 bits per heavy atom. The number of sulfonamides is 1. The van der Waals surface area contributed by atoms with Crippen molar-refractivity contribution in [1.29, 1.82) is 0 Å². The highest BCUT2D eigenvalue weighted by molar-refractivity contribution is 7.89. The van der Waals surface area contributed by atoms with Crippen LogP contribution in [-0.2, 0) is 10.0 Å². The number of nitrogens with zero attached hydrogens (tertiary/aromatic N) is 3. The lowest BCUT2D eigenvalue weighted by Crippen LogP contribution is -2.43. The fourth-order valence-electron chi connectivity index (χ4n) is 5.39. The Kier molecular flexibility index (Phi) is 4.27. The molecule has 3 fully saturated rings. The molecule has 2 saturated carbocycles. The number of carbonyl (C=O) groups excluding carboxylic acids is 1. The molecule has 1 N–H and O–H groups in total. The number of carbonyl (C=O) groups is 1. The Hall–Kier alpha value is -2.29. The summed E-state index contributed by atoms with van der Waals surface area (Å²) in [7, 11) is -2.08. The molecular formula is C21H23N3O4S. The van der Waals surface area contributed by atoms with Crippen molar-refractivity contribution in [3.63, 3.8) is 0 Å². The van der Waals surface area contributed by atoms with Gasteiger partial charge < -0.3 is 5.11 Å². The zero-order valence-electron chi connectivity index (χ0n) is 16.0. The third-order valence-corrected chi connectivity index (χ3v) is 8.69. The highest BCUT2D eigenvalue weighted by Crippen LogP contribution is 2.56. The van der Waals surface area contributed by atoms with Gasteiger partial charge in [-0.2, -0.15) is 4.31 Å². The third kappa shape index (κ3) is 2.81. The van der Waals surface area contributed by atoms with E-state index in [1.165, 1.54) is 33.5 Å². The standard InChI is InChI=1S/C21H23N3O4S/c1-23(18-4-2-3-9-22-18)21(26)13-5-7-16(8-6-13)29(27,28)24-12-15-10-14-11-17(15)19(24)20(14)25/h2-9,14-15,17,19-20,25H,10-12H2,1H3/t14-,15-,17+,19+,20-/m0/s1. The number of aromatic nitrogens is 1. The third-order valence-electron chi connectivity index (χ3n) is 6.81. The number of benzene rings is 1. The van der Waals surface area contributed by atoms with Crippen molar-refractivity contribution in [3.05, 3.63) is 54.2 Å². The van der Waals surface area contributed by atoms with Gasteiger partial charge in [-0.25, -0.2) is 13.4 Å². The van der Waals surface area contributed by atoms with Crippen LogP contribution in [0.5, 0.6) is 0 Å². The number of amides is 1. The van der Waals surface area contributed by atoms with Crippen molar-refractivity contribution in [2.75, 3.05) is 18.5 Å². The summed E-state index contributed by atoms with van der Waals surface area (Å²) < 4.78 is 28.0. The molecule has 2 heterocycles. The first-order chi connectivity index (χ1) is 13.9. The van der Waals surface area contributed by atoms with E-state index in [1.54, 1.807) is 31.4 Å². The van der Waals surface area contributed by atoms with E-state index in [9.17, 15) is 18.3 Å². The molecule has 1 aliphatic heterocycles. The molecule has 5 atom stereocenters. The minimum atomic E-state index is -3.71. The number of aliphatic hydroxyl groups is 1. The first-order valence-corrected chi connectivity index (χ1v) is 11.3. The van der Waals surface area contributed by atoms with E-state index in [0.717, 1.165) is 12.8 Å². The molecule has 7 nitrogen and oxygen atoms in total. The lowest BCUT2D eigenvalue weighted by molar-refractivity contribution is 0.0731. The van der Waals surface area contributed by atoms with Gasteiger partial charge in [0.15, 0.2) is 0 Å². The smallest absolute Gasteiger partial charge is 0.259 e. The normalized spacial score (nSPS) is 30.6. The number of hydrogen-bond acceptors (Lipinski definition) is 5. The Bertz CT molecular complexity index is 1040. The first kappa shape index (κ1) is 18.7. The largest absolute Gasteiger partial charge is 0.391 e. The number of fused-ring (bicyclic) bond motifs is 1. The number of pyridine rings is 1. The molecule has 8 heteroatoms. The fraction of sp³-hybridized carbons (Fsp3) is 0.429. The summed E-state index contributed by atoms with van der Waals surface area (Å²) in [5, 5.41) is 10.5. The van der Waals surface area contributed by atoms with Gasteiger partial charge in [0.25, 0.3) is 5.91 Å². The van der Waals surface area contributed by atoms with Crippen LogP contribution in [0.3, 0.4) is 0 Å². The number of aliphatic hydroxyl groups excluding tert-OH is 1. The molecule has 152 valence electrons. The zero-order chi connectivity index (χ0) is 20.3. The first-order valence-electron chi connectivity index (χ1n) is 9.87. The monoisotopic (exact) mass is 413 g/mol. The quantitative estimate of drug-likeness (QED) is 0.825. The van der Waals surface area contributed by atoms with Gasteiger partial charge in [0.1, 0.15) is 5.82 Å². The molecule has 0 spiro atoms. The van der Waals surface area contributed by atoms with Crippen LogP contribution in [0.25, 0.3) is 0 Å². The summed E-state index contributed by atoms with van der Waals surface area (Å²) in [6, 6.07) is 11.0. The maximum atomic E-state index is 13.2. The highest BCUT2D eigenvalue weighted by Gasteiger charge is 2.61. The average Bonchev–Trinajstić information content (AvgIpc) is 3.37. The van der Waals surface area contributed by atoms with Crippen molar-refractivity contribution in [3.8, 4) is 0 Å². The maximum absolute atomic E-state index is 13.2. The van der Waals surface area contributed by atoms with Crippen LogP contribution in [0.15, 0.2) is 53.6 Å².